The maximum Gasteiger partial charge on any atom is 0.297 e. The van der Waals surface area contributed by atoms with Crippen molar-refractivity contribution in [2.45, 2.75) is 37.7 Å². The van der Waals surface area contributed by atoms with Crippen molar-refractivity contribution in [1.82, 2.24) is 0 Å². The third-order valence-corrected chi connectivity index (χ3v) is 4.90. The highest BCUT2D eigenvalue weighted by Gasteiger charge is 2.47. The minimum absolute atomic E-state index is 0.130. The first kappa shape index (κ1) is 14.0. The summed E-state index contributed by atoms with van der Waals surface area (Å²) in [5, 5.41) is 0. The van der Waals surface area contributed by atoms with Gasteiger partial charge in [0.15, 0.2) is 0 Å². The normalized spacial score (nSPS) is 26.7. The Hall–Kier alpha value is -1.40. The van der Waals surface area contributed by atoms with Gasteiger partial charge in [-0.2, -0.15) is 8.42 Å². The second kappa shape index (κ2) is 4.61. The number of primary amides is 1. The van der Waals surface area contributed by atoms with Gasteiger partial charge in [0.1, 0.15) is 0 Å². The number of benzene rings is 1. The zero-order valence-electron chi connectivity index (χ0n) is 10.9. The van der Waals surface area contributed by atoms with E-state index in [2.05, 4.69) is 0 Å². The first-order chi connectivity index (χ1) is 8.73. The lowest BCUT2D eigenvalue weighted by Crippen LogP contribution is -2.49. The lowest BCUT2D eigenvalue weighted by molar-refractivity contribution is -0.136. The van der Waals surface area contributed by atoms with Gasteiger partial charge in [0.2, 0.25) is 5.91 Å². The van der Waals surface area contributed by atoms with E-state index in [1.807, 2.05) is 6.92 Å². The van der Waals surface area contributed by atoms with E-state index in [0.717, 1.165) is 5.56 Å². The number of carbonyl (C=O) groups excluding carboxylic acids is 1. The van der Waals surface area contributed by atoms with Crippen molar-refractivity contribution in [2.75, 3.05) is 0 Å². The van der Waals surface area contributed by atoms with Crippen molar-refractivity contribution in [1.29, 1.82) is 0 Å². The van der Waals surface area contributed by atoms with Gasteiger partial charge in [-0.3, -0.25) is 8.98 Å². The number of rotatable bonds is 4. The van der Waals surface area contributed by atoms with Crippen molar-refractivity contribution >= 4 is 16.0 Å². The second-order valence-corrected chi connectivity index (χ2v) is 6.89. The lowest BCUT2D eigenvalue weighted by Gasteiger charge is -2.41. The van der Waals surface area contributed by atoms with Gasteiger partial charge in [0.25, 0.3) is 10.1 Å². The molecule has 0 atom stereocenters. The molecule has 5 nitrogen and oxygen atoms in total. The Labute approximate surface area is 112 Å². The van der Waals surface area contributed by atoms with Crippen LogP contribution in [0.15, 0.2) is 29.2 Å². The molecule has 1 fully saturated rings. The third kappa shape index (κ3) is 2.79. The second-order valence-electron chi connectivity index (χ2n) is 5.32. The molecule has 1 aliphatic rings. The van der Waals surface area contributed by atoms with Crippen molar-refractivity contribution in [3.63, 3.8) is 0 Å². The summed E-state index contributed by atoms with van der Waals surface area (Å²) >= 11 is 0. The summed E-state index contributed by atoms with van der Waals surface area (Å²) < 4.78 is 29.1. The highest BCUT2D eigenvalue weighted by molar-refractivity contribution is 7.86. The number of hydrogen-bond acceptors (Lipinski definition) is 4. The summed E-state index contributed by atoms with van der Waals surface area (Å²) in [6.07, 6.45) is 0.213. The minimum Gasteiger partial charge on any atom is -0.369 e. The fourth-order valence-electron chi connectivity index (χ4n) is 2.15. The zero-order valence-corrected chi connectivity index (χ0v) is 11.7. The molecular formula is C13H17NO4S. The Morgan fingerprint density at radius 3 is 2.32 bits per heavy atom. The van der Waals surface area contributed by atoms with E-state index in [4.69, 9.17) is 9.92 Å². The van der Waals surface area contributed by atoms with Crippen LogP contribution in [0.1, 0.15) is 25.3 Å². The number of hydrogen-bond donors (Lipinski definition) is 1. The molecule has 0 spiro atoms. The van der Waals surface area contributed by atoms with E-state index in [0.29, 0.717) is 12.8 Å². The Balaban J connectivity index is 2.04. The minimum atomic E-state index is -3.77. The maximum atomic E-state index is 12.0. The molecule has 1 aromatic carbocycles. The first-order valence-corrected chi connectivity index (χ1v) is 7.44. The number of nitrogens with two attached hydrogens (primary N) is 1. The van der Waals surface area contributed by atoms with Gasteiger partial charge in [-0.15, -0.1) is 0 Å². The lowest BCUT2D eigenvalue weighted by atomic mass is 9.68. The monoisotopic (exact) mass is 283 g/mol. The Kier molecular flexibility index (Phi) is 3.40. The van der Waals surface area contributed by atoms with Crippen LogP contribution in [0.4, 0.5) is 0 Å². The van der Waals surface area contributed by atoms with Gasteiger partial charge >= 0.3 is 0 Å². The van der Waals surface area contributed by atoms with Gasteiger partial charge < -0.3 is 5.73 Å². The summed E-state index contributed by atoms with van der Waals surface area (Å²) in [6, 6.07) is 6.45. The summed E-state index contributed by atoms with van der Waals surface area (Å²) in [5.41, 5.74) is 5.57. The Bertz CT molecular complexity index is 586. The molecule has 0 heterocycles. The molecule has 0 aromatic heterocycles. The van der Waals surface area contributed by atoms with Gasteiger partial charge in [-0.1, -0.05) is 24.6 Å². The molecule has 1 aromatic rings. The molecule has 19 heavy (non-hydrogen) atoms. The number of aryl methyl sites for hydroxylation is 1. The molecule has 1 aliphatic carbocycles. The van der Waals surface area contributed by atoms with Gasteiger partial charge in [0.05, 0.1) is 16.4 Å². The molecule has 1 amide bonds. The summed E-state index contributed by atoms with van der Waals surface area (Å²) in [5.74, 6) is -0.417. The largest absolute Gasteiger partial charge is 0.369 e. The third-order valence-electron chi connectivity index (χ3n) is 3.52. The van der Waals surface area contributed by atoms with Crippen LogP contribution in [0, 0.1) is 12.3 Å². The van der Waals surface area contributed by atoms with E-state index in [1.165, 1.54) is 12.1 Å². The van der Waals surface area contributed by atoms with Crippen molar-refractivity contribution in [3.05, 3.63) is 29.8 Å². The summed E-state index contributed by atoms with van der Waals surface area (Å²) in [6.45, 7) is 3.59. The average Bonchev–Trinajstić information content (AvgIpc) is 2.26. The van der Waals surface area contributed by atoms with Crippen LogP contribution in [0.2, 0.25) is 0 Å². The molecule has 0 unspecified atom stereocenters. The molecular weight excluding hydrogens is 266 g/mol. The van der Waals surface area contributed by atoms with Gasteiger partial charge in [0, 0.05) is 0 Å². The quantitative estimate of drug-likeness (QED) is 0.845. The molecule has 0 bridgehead atoms. The molecule has 1 saturated carbocycles. The SMILES string of the molecule is Cc1ccc(S(=O)(=O)OC2CC(C)(C(N)=O)C2)cc1. The zero-order chi connectivity index (χ0) is 14.3. The summed E-state index contributed by atoms with van der Waals surface area (Å²) in [7, 11) is -3.77. The van der Waals surface area contributed by atoms with E-state index in [-0.39, 0.29) is 4.90 Å². The highest BCUT2D eigenvalue weighted by atomic mass is 32.2. The average molecular weight is 283 g/mol. The number of carbonyl (C=O) groups is 1. The van der Waals surface area contributed by atoms with Crippen molar-refractivity contribution in [3.8, 4) is 0 Å². The van der Waals surface area contributed by atoms with Crippen LogP contribution in [-0.4, -0.2) is 20.4 Å². The molecule has 0 aliphatic heterocycles. The standard InChI is InChI=1S/C13H17NO4S/c1-9-3-5-11(6-4-9)19(16,17)18-10-7-13(2,8-10)12(14)15/h3-6,10H,7-8H2,1-2H3,(H2,14,15). The fourth-order valence-corrected chi connectivity index (χ4v) is 3.23. The van der Waals surface area contributed by atoms with Crippen LogP contribution in [0.5, 0.6) is 0 Å². The molecule has 2 rings (SSSR count). The number of amides is 1. The van der Waals surface area contributed by atoms with Gasteiger partial charge in [-0.25, -0.2) is 0 Å². The van der Waals surface area contributed by atoms with Crippen LogP contribution in [0.25, 0.3) is 0 Å². The maximum absolute atomic E-state index is 12.0. The molecule has 2 N–H and O–H groups in total. The predicted octanol–water partition coefficient (Wildman–Crippen LogP) is 1.35. The highest BCUT2D eigenvalue weighted by Crippen LogP contribution is 2.43. The Morgan fingerprint density at radius 2 is 1.84 bits per heavy atom. The molecule has 6 heteroatoms. The van der Waals surface area contributed by atoms with Crippen molar-refractivity contribution in [2.24, 2.45) is 11.1 Å². The van der Waals surface area contributed by atoms with Crippen LogP contribution >= 0.6 is 0 Å². The first-order valence-electron chi connectivity index (χ1n) is 6.03. The van der Waals surface area contributed by atoms with Crippen LogP contribution < -0.4 is 5.73 Å². The molecule has 0 saturated heterocycles. The Morgan fingerprint density at radius 1 is 1.32 bits per heavy atom. The van der Waals surface area contributed by atoms with Crippen molar-refractivity contribution < 1.29 is 17.4 Å². The van der Waals surface area contributed by atoms with E-state index in [9.17, 15) is 13.2 Å². The summed E-state index contributed by atoms with van der Waals surface area (Å²) in [4.78, 5) is 11.3. The predicted molar refractivity (Wildman–Crippen MR) is 69.8 cm³/mol. The van der Waals surface area contributed by atoms with Gasteiger partial charge in [-0.05, 0) is 31.9 Å². The molecule has 104 valence electrons. The van der Waals surface area contributed by atoms with Crippen LogP contribution in [0.3, 0.4) is 0 Å². The fraction of sp³-hybridized carbons (Fsp3) is 0.462. The molecule has 0 radical (unpaired) electrons. The van der Waals surface area contributed by atoms with Crippen LogP contribution in [-0.2, 0) is 19.1 Å². The topological polar surface area (TPSA) is 86.5 Å². The van der Waals surface area contributed by atoms with E-state index < -0.39 is 27.5 Å². The van der Waals surface area contributed by atoms with E-state index >= 15 is 0 Å². The van der Waals surface area contributed by atoms with E-state index in [1.54, 1.807) is 19.1 Å². The smallest absolute Gasteiger partial charge is 0.297 e.